The third-order valence-electron chi connectivity index (χ3n) is 3.08. The Morgan fingerprint density at radius 3 is 2.75 bits per heavy atom. The van der Waals surface area contributed by atoms with Gasteiger partial charge in [-0.25, -0.2) is 0 Å². The summed E-state index contributed by atoms with van der Waals surface area (Å²) in [7, 11) is 0. The number of nitrogens with zero attached hydrogens (tertiary/aromatic N) is 1. The summed E-state index contributed by atoms with van der Waals surface area (Å²) >= 11 is 0. The largest absolute Gasteiger partial charge is 0.506 e. The predicted octanol–water partition coefficient (Wildman–Crippen LogP) is -0.282. The molecule has 0 aliphatic rings. The second-order valence-electron chi connectivity index (χ2n) is 4.76. The lowest BCUT2D eigenvalue weighted by Crippen LogP contribution is -2.37. The number of aromatic nitrogens is 1. The number of carbonyl (C=O) groups is 2. The lowest BCUT2D eigenvalue weighted by atomic mass is 10.1. The maximum Gasteiger partial charge on any atom is 0.322 e. The molecule has 1 amide bonds. The predicted molar refractivity (Wildman–Crippen MR) is 85.9 cm³/mol. The summed E-state index contributed by atoms with van der Waals surface area (Å²) in [6.45, 7) is 2.73. The molecule has 0 atom stereocenters. The summed E-state index contributed by atoms with van der Waals surface area (Å²) in [6, 6.07) is 4.29. The standard InChI is InChI=1S/C15H15N3O6/c1-2-5-24-18-10-6-8(16)3-4-9(10)13(21)12(15(18)23)14(22)17-7-11(19)20/h2-4,6,21H,1,5,7,16H2,(H,17,22)(H,19,20). The van der Waals surface area contributed by atoms with Gasteiger partial charge in [0.25, 0.3) is 11.5 Å². The molecule has 24 heavy (non-hydrogen) atoms. The fraction of sp³-hybridized carbons (Fsp3) is 0.133. The van der Waals surface area contributed by atoms with Crippen molar-refractivity contribution in [1.82, 2.24) is 10.0 Å². The summed E-state index contributed by atoms with van der Waals surface area (Å²) < 4.78 is 0.808. The Bertz CT molecular complexity index is 887. The smallest absolute Gasteiger partial charge is 0.322 e. The average molecular weight is 333 g/mol. The van der Waals surface area contributed by atoms with Gasteiger partial charge < -0.3 is 26.1 Å². The molecule has 0 aliphatic heterocycles. The van der Waals surface area contributed by atoms with Gasteiger partial charge in [-0.05, 0) is 18.2 Å². The van der Waals surface area contributed by atoms with Gasteiger partial charge in [-0.1, -0.05) is 12.7 Å². The van der Waals surface area contributed by atoms with Crippen LogP contribution < -0.4 is 21.4 Å². The molecule has 0 saturated heterocycles. The molecular weight excluding hydrogens is 318 g/mol. The summed E-state index contributed by atoms with van der Waals surface area (Å²) in [6.07, 6.45) is 1.39. The maximum atomic E-state index is 12.5. The minimum Gasteiger partial charge on any atom is -0.506 e. The molecule has 0 unspecified atom stereocenters. The monoisotopic (exact) mass is 333 g/mol. The zero-order chi connectivity index (χ0) is 17.9. The van der Waals surface area contributed by atoms with E-state index in [9.17, 15) is 19.5 Å². The summed E-state index contributed by atoms with van der Waals surface area (Å²) in [5.41, 5.74) is 4.59. The first-order valence-corrected chi connectivity index (χ1v) is 6.78. The number of pyridine rings is 1. The first-order valence-electron chi connectivity index (χ1n) is 6.78. The van der Waals surface area contributed by atoms with E-state index in [1.807, 2.05) is 5.32 Å². The minimum absolute atomic E-state index is 0.0369. The fourth-order valence-electron chi connectivity index (χ4n) is 2.07. The fourth-order valence-corrected chi connectivity index (χ4v) is 2.07. The number of nitrogens with one attached hydrogen (secondary N) is 1. The van der Waals surface area contributed by atoms with Crippen LogP contribution in [0, 0.1) is 0 Å². The number of nitrogen functional groups attached to an aromatic ring is 1. The summed E-state index contributed by atoms with van der Waals surface area (Å²) in [5, 5.41) is 21.1. The molecule has 1 aromatic heterocycles. The van der Waals surface area contributed by atoms with E-state index in [1.165, 1.54) is 24.3 Å². The van der Waals surface area contributed by atoms with Gasteiger partial charge in [0.15, 0.2) is 5.56 Å². The average Bonchev–Trinajstić information content (AvgIpc) is 2.52. The van der Waals surface area contributed by atoms with Gasteiger partial charge in [0.1, 0.15) is 18.9 Å². The highest BCUT2D eigenvalue weighted by atomic mass is 16.7. The highest BCUT2D eigenvalue weighted by molar-refractivity contribution is 6.03. The number of benzene rings is 1. The first kappa shape index (κ1) is 16.9. The van der Waals surface area contributed by atoms with Crippen LogP contribution in [0.4, 0.5) is 5.69 Å². The number of carboxylic acids is 1. The lowest BCUT2D eigenvalue weighted by Gasteiger charge is -2.14. The van der Waals surface area contributed by atoms with E-state index in [-0.39, 0.29) is 17.5 Å². The molecular formula is C15H15N3O6. The van der Waals surface area contributed by atoms with Crippen LogP contribution in [0.5, 0.6) is 5.75 Å². The molecule has 2 aromatic rings. The molecule has 5 N–H and O–H groups in total. The molecule has 0 spiro atoms. The Balaban J connectivity index is 2.69. The highest BCUT2D eigenvalue weighted by Gasteiger charge is 2.23. The Labute approximate surface area is 135 Å². The Morgan fingerprint density at radius 1 is 1.42 bits per heavy atom. The van der Waals surface area contributed by atoms with Crippen LogP contribution in [0.15, 0.2) is 35.6 Å². The molecule has 0 bridgehead atoms. The van der Waals surface area contributed by atoms with Crippen molar-refractivity contribution in [2.75, 3.05) is 18.9 Å². The second kappa shape index (κ2) is 6.73. The maximum absolute atomic E-state index is 12.5. The Hall–Kier alpha value is -3.49. The molecule has 1 aromatic carbocycles. The van der Waals surface area contributed by atoms with Crippen molar-refractivity contribution in [3.05, 3.63) is 46.8 Å². The van der Waals surface area contributed by atoms with Crippen molar-refractivity contribution in [1.29, 1.82) is 0 Å². The Morgan fingerprint density at radius 2 is 2.12 bits per heavy atom. The quantitative estimate of drug-likeness (QED) is 0.420. The van der Waals surface area contributed by atoms with Gasteiger partial charge >= 0.3 is 5.97 Å². The van der Waals surface area contributed by atoms with Crippen molar-refractivity contribution in [2.24, 2.45) is 0 Å². The number of fused-ring (bicyclic) bond motifs is 1. The molecule has 9 nitrogen and oxygen atoms in total. The van der Waals surface area contributed by atoms with E-state index in [0.29, 0.717) is 5.69 Å². The van der Waals surface area contributed by atoms with E-state index in [1.54, 1.807) is 0 Å². The van der Waals surface area contributed by atoms with Crippen LogP contribution >= 0.6 is 0 Å². The van der Waals surface area contributed by atoms with Crippen LogP contribution in [0.1, 0.15) is 10.4 Å². The molecule has 2 rings (SSSR count). The van der Waals surface area contributed by atoms with E-state index in [2.05, 4.69) is 6.58 Å². The van der Waals surface area contributed by atoms with Crippen LogP contribution in [-0.2, 0) is 4.79 Å². The van der Waals surface area contributed by atoms with E-state index >= 15 is 0 Å². The molecule has 9 heteroatoms. The number of hydrogen-bond donors (Lipinski definition) is 4. The SMILES string of the molecule is C=CCOn1c(=O)c(C(=O)NCC(=O)O)c(O)c2ccc(N)cc21. The van der Waals surface area contributed by atoms with Crippen LogP contribution in [0.3, 0.4) is 0 Å². The highest BCUT2D eigenvalue weighted by Crippen LogP contribution is 2.27. The zero-order valence-corrected chi connectivity index (χ0v) is 12.5. The van der Waals surface area contributed by atoms with Crippen molar-refractivity contribution in [3.8, 4) is 5.75 Å². The van der Waals surface area contributed by atoms with Crippen molar-refractivity contribution >= 4 is 28.5 Å². The molecule has 126 valence electrons. The third-order valence-corrected chi connectivity index (χ3v) is 3.08. The summed E-state index contributed by atoms with van der Waals surface area (Å²) in [4.78, 5) is 40.4. The van der Waals surface area contributed by atoms with Gasteiger partial charge in [-0.3, -0.25) is 14.4 Å². The van der Waals surface area contributed by atoms with Gasteiger partial charge in [0.05, 0.1) is 5.52 Å². The van der Waals surface area contributed by atoms with Crippen LogP contribution in [0.25, 0.3) is 10.9 Å². The van der Waals surface area contributed by atoms with Gasteiger partial charge in [-0.2, -0.15) is 0 Å². The molecule has 1 heterocycles. The minimum atomic E-state index is -1.29. The van der Waals surface area contributed by atoms with E-state index in [0.717, 1.165) is 4.73 Å². The van der Waals surface area contributed by atoms with Crippen molar-refractivity contribution < 1.29 is 24.6 Å². The zero-order valence-electron chi connectivity index (χ0n) is 12.5. The van der Waals surface area contributed by atoms with Gasteiger partial charge in [0, 0.05) is 11.1 Å². The number of amides is 1. The summed E-state index contributed by atoms with van der Waals surface area (Å²) in [5.74, 6) is -2.91. The van der Waals surface area contributed by atoms with Crippen molar-refractivity contribution in [3.63, 3.8) is 0 Å². The Kier molecular flexibility index (Phi) is 4.73. The number of carboxylic acid groups (broad SMARTS) is 1. The van der Waals surface area contributed by atoms with Crippen molar-refractivity contribution in [2.45, 2.75) is 0 Å². The number of carbonyl (C=O) groups excluding carboxylic acids is 1. The van der Waals surface area contributed by atoms with Crippen LogP contribution in [0.2, 0.25) is 0 Å². The second-order valence-corrected chi connectivity index (χ2v) is 4.76. The third kappa shape index (κ3) is 3.14. The molecule has 0 aliphatic carbocycles. The number of rotatable bonds is 6. The first-order chi connectivity index (χ1) is 11.4. The normalized spacial score (nSPS) is 10.3. The van der Waals surface area contributed by atoms with E-state index < -0.39 is 35.3 Å². The molecule has 0 fully saturated rings. The molecule has 0 radical (unpaired) electrons. The topological polar surface area (TPSA) is 144 Å². The van der Waals surface area contributed by atoms with Gasteiger partial charge in [0.2, 0.25) is 0 Å². The van der Waals surface area contributed by atoms with E-state index in [4.69, 9.17) is 15.7 Å². The number of hydrogen-bond acceptors (Lipinski definition) is 6. The number of aliphatic carboxylic acids is 1. The molecule has 0 saturated carbocycles. The number of anilines is 1. The lowest BCUT2D eigenvalue weighted by molar-refractivity contribution is -0.135. The number of aromatic hydroxyl groups is 1. The number of nitrogens with two attached hydrogens (primary N) is 1. The van der Waals surface area contributed by atoms with Crippen LogP contribution in [-0.4, -0.2) is 40.0 Å². The van der Waals surface area contributed by atoms with Gasteiger partial charge in [-0.15, -0.1) is 4.73 Å².